The van der Waals surface area contributed by atoms with Crippen molar-refractivity contribution in [2.24, 2.45) is 0 Å². The van der Waals surface area contributed by atoms with E-state index in [1.54, 1.807) is 12.4 Å². The van der Waals surface area contributed by atoms with Crippen molar-refractivity contribution in [3.63, 3.8) is 0 Å². The molecule has 1 saturated heterocycles. The van der Waals surface area contributed by atoms with Gasteiger partial charge in [-0.1, -0.05) is 0 Å². The second-order valence-corrected chi connectivity index (χ2v) is 6.49. The van der Waals surface area contributed by atoms with Crippen LogP contribution in [-0.2, 0) is 9.84 Å². The minimum atomic E-state index is -2.95. The molecule has 5 nitrogen and oxygen atoms in total. The van der Waals surface area contributed by atoms with Crippen LogP contribution in [0.25, 0.3) is 0 Å². The summed E-state index contributed by atoms with van der Waals surface area (Å²) in [6, 6.07) is 1.82. The molecule has 88 valence electrons. The molecule has 1 aromatic rings. The van der Waals surface area contributed by atoms with E-state index in [-0.39, 0.29) is 5.25 Å². The van der Waals surface area contributed by atoms with Gasteiger partial charge in [0.15, 0.2) is 9.84 Å². The number of pyridine rings is 1. The minimum Gasteiger partial charge on any atom is -0.397 e. The zero-order chi connectivity index (χ0) is 11.8. The zero-order valence-corrected chi connectivity index (χ0v) is 9.94. The normalized spacial score (nSPS) is 21.3. The van der Waals surface area contributed by atoms with Crippen LogP contribution in [0.2, 0.25) is 0 Å². The number of hydrogen-bond acceptors (Lipinski definition) is 5. The van der Waals surface area contributed by atoms with Gasteiger partial charge in [0.05, 0.1) is 22.8 Å². The van der Waals surface area contributed by atoms with Crippen LogP contribution in [0.4, 0.5) is 11.4 Å². The zero-order valence-electron chi connectivity index (χ0n) is 9.13. The Hall–Kier alpha value is -1.30. The molecule has 0 bridgehead atoms. The third-order valence-electron chi connectivity index (χ3n) is 2.86. The summed E-state index contributed by atoms with van der Waals surface area (Å²) >= 11 is 0. The summed E-state index contributed by atoms with van der Waals surface area (Å²) in [6.45, 7) is 1.27. The third-order valence-corrected chi connectivity index (χ3v) is 4.46. The van der Waals surface area contributed by atoms with Gasteiger partial charge >= 0.3 is 0 Å². The van der Waals surface area contributed by atoms with E-state index in [4.69, 9.17) is 5.73 Å². The molecule has 1 unspecified atom stereocenters. The summed E-state index contributed by atoms with van der Waals surface area (Å²) in [7, 11) is -2.95. The number of nitrogen functional groups attached to an aromatic ring is 1. The second-order valence-electron chi connectivity index (χ2n) is 4.16. The van der Waals surface area contributed by atoms with Crippen molar-refractivity contribution >= 4 is 21.2 Å². The molecule has 1 atom stereocenters. The van der Waals surface area contributed by atoms with E-state index in [2.05, 4.69) is 4.98 Å². The van der Waals surface area contributed by atoms with Crippen molar-refractivity contribution in [2.75, 3.05) is 30.0 Å². The van der Waals surface area contributed by atoms with Gasteiger partial charge in [0.1, 0.15) is 0 Å². The fourth-order valence-corrected chi connectivity index (χ4v) is 2.91. The lowest BCUT2D eigenvalue weighted by Crippen LogP contribution is -2.26. The van der Waals surface area contributed by atoms with E-state index in [1.807, 2.05) is 11.0 Å². The predicted octanol–water partition coefficient (Wildman–Crippen LogP) is 0.287. The topological polar surface area (TPSA) is 76.3 Å². The maximum Gasteiger partial charge on any atom is 0.152 e. The summed E-state index contributed by atoms with van der Waals surface area (Å²) in [5.74, 6) is 0. The number of nitrogens with two attached hydrogens (primary N) is 1. The molecule has 2 heterocycles. The van der Waals surface area contributed by atoms with Gasteiger partial charge in [0.25, 0.3) is 0 Å². The van der Waals surface area contributed by atoms with Crippen LogP contribution in [0.3, 0.4) is 0 Å². The summed E-state index contributed by atoms with van der Waals surface area (Å²) in [5.41, 5.74) is 7.13. The third kappa shape index (κ3) is 2.27. The van der Waals surface area contributed by atoms with E-state index >= 15 is 0 Å². The molecule has 0 saturated carbocycles. The molecule has 16 heavy (non-hydrogen) atoms. The van der Waals surface area contributed by atoms with E-state index in [0.717, 1.165) is 12.2 Å². The summed E-state index contributed by atoms with van der Waals surface area (Å²) in [5, 5.41) is -0.270. The Labute approximate surface area is 95.2 Å². The Kier molecular flexibility index (Phi) is 2.75. The standard InChI is InChI=1S/C10H15N3O2S/c1-16(14,15)10-2-3-13(7-10)9-4-8(11)5-12-6-9/h4-6,10H,2-3,7,11H2,1H3. The number of rotatable bonds is 2. The predicted molar refractivity (Wildman–Crippen MR) is 64.1 cm³/mol. The quantitative estimate of drug-likeness (QED) is 0.805. The molecule has 0 spiro atoms. The van der Waals surface area contributed by atoms with E-state index in [1.165, 1.54) is 6.26 Å². The first-order chi connectivity index (χ1) is 7.47. The lowest BCUT2D eigenvalue weighted by molar-refractivity contribution is 0.589. The molecule has 6 heteroatoms. The summed E-state index contributed by atoms with van der Waals surface area (Å²) in [4.78, 5) is 6.01. The van der Waals surface area contributed by atoms with Crippen molar-refractivity contribution in [1.82, 2.24) is 4.98 Å². The van der Waals surface area contributed by atoms with Crippen molar-refractivity contribution < 1.29 is 8.42 Å². The first kappa shape index (κ1) is 11.2. The highest BCUT2D eigenvalue weighted by Gasteiger charge is 2.30. The van der Waals surface area contributed by atoms with Gasteiger partial charge in [-0.15, -0.1) is 0 Å². The first-order valence-corrected chi connectivity index (χ1v) is 7.06. The highest BCUT2D eigenvalue weighted by atomic mass is 32.2. The van der Waals surface area contributed by atoms with Crippen LogP contribution >= 0.6 is 0 Å². The van der Waals surface area contributed by atoms with Gasteiger partial charge in [0.2, 0.25) is 0 Å². The SMILES string of the molecule is CS(=O)(=O)C1CCN(c2cncc(N)c2)C1. The van der Waals surface area contributed by atoms with Gasteiger partial charge in [-0.05, 0) is 12.5 Å². The average Bonchev–Trinajstić information content (AvgIpc) is 2.65. The van der Waals surface area contributed by atoms with Crippen molar-refractivity contribution in [3.05, 3.63) is 18.5 Å². The van der Waals surface area contributed by atoms with Gasteiger partial charge < -0.3 is 10.6 Å². The highest BCUT2D eigenvalue weighted by molar-refractivity contribution is 7.91. The first-order valence-electron chi connectivity index (χ1n) is 5.11. The molecule has 2 rings (SSSR count). The maximum atomic E-state index is 11.4. The van der Waals surface area contributed by atoms with Crippen LogP contribution in [0.5, 0.6) is 0 Å². The smallest absolute Gasteiger partial charge is 0.152 e. The number of sulfone groups is 1. The number of anilines is 2. The maximum absolute atomic E-state index is 11.4. The number of hydrogen-bond donors (Lipinski definition) is 1. The monoisotopic (exact) mass is 241 g/mol. The van der Waals surface area contributed by atoms with Crippen LogP contribution in [0.1, 0.15) is 6.42 Å². The van der Waals surface area contributed by atoms with Gasteiger partial charge in [-0.3, -0.25) is 4.98 Å². The average molecular weight is 241 g/mol. The Balaban J connectivity index is 2.15. The molecule has 1 aromatic heterocycles. The Morgan fingerprint density at radius 3 is 2.81 bits per heavy atom. The fraction of sp³-hybridized carbons (Fsp3) is 0.500. The van der Waals surface area contributed by atoms with Crippen LogP contribution < -0.4 is 10.6 Å². The molecule has 1 aliphatic rings. The highest BCUT2D eigenvalue weighted by Crippen LogP contribution is 2.23. The molecule has 0 aromatic carbocycles. The number of nitrogens with zero attached hydrogens (tertiary/aromatic N) is 2. The fourth-order valence-electron chi connectivity index (χ4n) is 1.93. The Morgan fingerprint density at radius 2 is 2.25 bits per heavy atom. The molecular formula is C10H15N3O2S. The largest absolute Gasteiger partial charge is 0.397 e. The van der Waals surface area contributed by atoms with Crippen LogP contribution in [0, 0.1) is 0 Å². The minimum absolute atomic E-state index is 0.270. The van der Waals surface area contributed by atoms with Gasteiger partial charge in [-0.2, -0.15) is 0 Å². The Bertz CT molecular complexity index is 487. The number of aromatic nitrogens is 1. The van der Waals surface area contributed by atoms with Crippen molar-refractivity contribution in [3.8, 4) is 0 Å². The lowest BCUT2D eigenvalue weighted by Gasteiger charge is -2.17. The summed E-state index contributed by atoms with van der Waals surface area (Å²) in [6.07, 6.45) is 5.25. The van der Waals surface area contributed by atoms with E-state index in [0.29, 0.717) is 18.7 Å². The van der Waals surface area contributed by atoms with Crippen LogP contribution in [0.15, 0.2) is 18.5 Å². The van der Waals surface area contributed by atoms with Gasteiger partial charge in [0, 0.05) is 25.5 Å². The lowest BCUT2D eigenvalue weighted by atomic mass is 10.3. The molecule has 0 radical (unpaired) electrons. The summed E-state index contributed by atoms with van der Waals surface area (Å²) < 4.78 is 22.8. The molecule has 0 aliphatic carbocycles. The van der Waals surface area contributed by atoms with E-state index in [9.17, 15) is 8.42 Å². The van der Waals surface area contributed by atoms with Crippen molar-refractivity contribution in [2.45, 2.75) is 11.7 Å². The Morgan fingerprint density at radius 1 is 1.50 bits per heavy atom. The van der Waals surface area contributed by atoms with E-state index < -0.39 is 9.84 Å². The molecule has 2 N–H and O–H groups in total. The van der Waals surface area contributed by atoms with Gasteiger partial charge in [-0.25, -0.2) is 8.42 Å². The molecular weight excluding hydrogens is 226 g/mol. The van der Waals surface area contributed by atoms with Crippen molar-refractivity contribution in [1.29, 1.82) is 0 Å². The second kappa shape index (κ2) is 3.93. The molecule has 0 amide bonds. The van der Waals surface area contributed by atoms with Crippen LogP contribution in [-0.4, -0.2) is 38.0 Å². The molecule has 1 aliphatic heterocycles. The molecule has 1 fully saturated rings.